The monoisotopic (exact) mass is 362 g/mol. The summed E-state index contributed by atoms with van der Waals surface area (Å²) in [7, 11) is 1.61. The Morgan fingerprint density at radius 3 is 2.54 bits per heavy atom. The van der Waals surface area contributed by atoms with Gasteiger partial charge in [-0.05, 0) is 43.9 Å². The average Bonchev–Trinajstić information content (AvgIpc) is 2.98. The van der Waals surface area contributed by atoms with Gasteiger partial charge in [0.25, 0.3) is 0 Å². The largest absolute Gasteiger partial charge is 0.359 e. The number of carbonyl (C=O) groups is 2. The zero-order valence-electron chi connectivity index (χ0n) is 17.0. The molecule has 146 valence electrons. The smallest absolute Gasteiger partial charge is 0.146 e. The topological polar surface area (TPSA) is 52.6 Å². The Balaban J connectivity index is 2.20. The highest BCUT2D eigenvalue weighted by Crippen LogP contribution is 2.67. The molecule has 3 saturated carbocycles. The van der Waals surface area contributed by atoms with Gasteiger partial charge < -0.3 is 9.47 Å². The molecule has 0 N–H and O–H groups in total. The molecule has 0 amide bonds. The van der Waals surface area contributed by atoms with Crippen LogP contribution < -0.4 is 0 Å². The van der Waals surface area contributed by atoms with Crippen molar-refractivity contribution in [1.29, 1.82) is 0 Å². The summed E-state index contributed by atoms with van der Waals surface area (Å²) in [6.45, 7) is 12.7. The van der Waals surface area contributed by atoms with Gasteiger partial charge in [0.2, 0.25) is 0 Å². The molecule has 0 heterocycles. The number of hydrogen-bond donors (Lipinski definition) is 0. The maximum atomic E-state index is 13.5. The summed E-state index contributed by atoms with van der Waals surface area (Å²) in [4.78, 5) is 26.6. The van der Waals surface area contributed by atoms with Crippen molar-refractivity contribution in [3.63, 3.8) is 0 Å². The van der Waals surface area contributed by atoms with Crippen molar-refractivity contribution in [3.05, 3.63) is 12.7 Å². The molecule has 26 heavy (non-hydrogen) atoms. The molecule has 4 nitrogen and oxygen atoms in total. The zero-order chi connectivity index (χ0) is 19.3. The lowest BCUT2D eigenvalue weighted by atomic mass is 9.44. The summed E-state index contributed by atoms with van der Waals surface area (Å²) in [5.41, 5.74) is -1.15. The maximum absolute atomic E-state index is 13.5. The van der Waals surface area contributed by atoms with Crippen molar-refractivity contribution in [2.75, 3.05) is 13.9 Å². The van der Waals surface area contributed by atoms with E-state index in [0.717, 1.165) is 19.3 Å². The first-order chi connectivity index (χ1) is 12.2. The lowest BCUT2D eigenvalue weighted by Crippen LogP contribution is -2.62. The molecule has 0 saturated heterocycles. The zero-order valence-corrected chi connectivity index (χ0v) is 17.0. The Kier molecular flexibility index (Phi) is 4.98. The standard InChI is InChI=1S/C22H34O4/c1-7-20(4)12-17(26-13-25-6)21(5)14(2)8-10-22(15(3)19(20)24)11-9-16(23)18(21)22/h7,14-15,17-18H,1,8-13H2,2-6H3/t14-,15-,17+,18-,20+,21+,22+/m0/s1. The van der Waals surface area contributed by atoms with E-state index in [9.17, 15) is 9.59 Å². The molecule has 0 spiro atoms. The second-order valence-electron chi connectivity index (χ2n) is 9.41. The lowest BCUT2D eigenvalue weighted by molar-refractivity contribution is -0.202. The molecule has 0 aromatic carbocycles. The van der Waals surface area contributed by atoms with Crippen LogP contribution in [-0.4, -0.2) is 31.6 Å². The van der Waals surface area contributed by atoms with Crippen molar-refractivity contribution in [2.45, 2.75) is 65.9 Å². The van der Waals surface area contributed by atoms with Gasteiger partial charge in [0.05, 0.1) is 6.10 Å². The van der Waals surface area contributed by atoms with Crippen LogP contribution in [0.2, 0.25) is 0 Å². The van der Waals surface area contributed by atoms with Crippen molar-refractivity contribution in [1.82, 2.24) is 0 Å². The van der Waals surface area contributed by atoms with E-state index in [-0.39, 0.29) is 41.3 Å². The van der Waals surface area contributed by atoms with Gasteiger partial charge in [-0.15, -0.1) is 6.58 Å². The molecular formula is C22H34O4. The summed E-state index contributed by atoms with van der Waals surface area (Å²) in [5.74, 6) is 0.673. The highest BCUT2D eigenvalue weighted by atomic mass is 16.7. The Morgan fingerprint density at radius 1 is 1.23 bits per heavy atom. The number of ether oxygens (including phenoxy) is 2. The van der Waals surface area contributed by atoms with E-state index >= 15 is 0 Å². The summed E-state index contributed by atoms with van der Waals surface area (Å²) >= 11 is 0. The highest BCUT2D eigenvalue weighted by Gasteiger charge is 2.67. The molecular weight excluding hydrogens is 328 g/mol. The molecule has 0 aromatic rings. The van der Waals surface area contributed by atoms with Gasteiger partial charge >= 0.3 is 0 Å². The fraction of sp³-hybridized carbons (Fsp3) is 0.818. The van der Waals surface area contributed by atoms with E-state index in [2.05, 4.69) is 27.4 Å². The number of Topliss-reactive ketones (excluding diaryl/α,β-unsaturated/α-hetero) is 2. The molecule has 0 aliphatic heterocycles. The molecule has 3 aliphatic rings. The first kappa shape index (κ1) is 19.8. The number of ketones is 2. The first-order valence-corrected chi connectivity index (χ1v) is 9.98. The van der Waals surface area contributed by atoms with Crippen LogP contribution in [0.25, 0.3) is 0 Å². The third kappa shape index (κ3) is 2.48. The van der Waals surface area contributed by atoms with Crippen LogP contribution >= 0.6 is 0 Å². The predicted octanol–water partition coefficient (Wildman–Crippen LogP) is 4.18. The SMILES string of the molecule is C=C[C@]1(C)C[C@@H](OCOC)[C@]2(C)[C@@H]3C(=O)CC[C@]3(CC[C@@H]2C)[C@@H](C)C1=O. The number of rotatable bonds is 4. The van der Waals surface area contributed by atoms with Crippen LogP contribution in [0.4, 0.5) is 0 Å². The van der Waals surface area contributed by atoms with Crippen molar-refractivity contribution in [2.24, 2.45) is 34.0 Å². The number of methoxy groups -OCH3 is 1. The Bertz CT molecular complexity index is 613. The Hall–Kier alpha value is -1.00. The summed E-state index contributed by atoms with van der Waals surface area (Å²) in [6, 6.07) is 0. The van der Waals surface area contributed by atoms with Crippen LogP contribution in [0.15, 0.2) is 12.7 Å². The van der Waals surface area contributed by atoms with Gasteiger partial charge in [-0.25, -0.2) is 0 Å². The Morgan fingerprint density at radius 2 is 1.92 bits per heavy atom. The van der Waals surface area contributed by atoms with Crippen LogP contribution in [0, 0.1) is 34.0 Å². The average molecular weight is 363 g/mol. The van der Waals surface area contributed by atoms with E-state index < -0.39 is 5.41 Å². The van der Waals surface area contributed by atoms with E-state index in [0.29, 0.717) is 24.5 Å². The quantitative estimate of drug-likeness (QED) is 0.556. The van der Waals surface area contributed by atoms with E-state index in [1.54, 1.807) is 13.2 Å². The third-order valence-corrected chi connectivity index (χ3v) is 8.42. The summed E-state index contributed by atoms with van der Waals surface area (Å²) in [6.07, 6.45) is 5.56. The second-order valence-corrected chi connectivity index (χ2v) is 9.41. The van der Waals surface area contributed by atoms with Gasteiger partial charge in [0.15, 0.2) is 0 Å². The van der Waals surface area contributed by atoms with E-state index in [4.69, 9.17) is 9.47 Å². The van der Waals surface area contributed by atoms with Crippen LogP contribution in [0.3, 0.4) is 0 Å². The lowest BCUT2D eigenvalue weighted by Gasteiger charge is -2.60. The molecule has 4 heteroatoms. The van der Waals surface area contributed by atoms with Crippen molar-refractivity contribution in [3.8, 4) is 0 Å². The van der Waals surface area contributed by atoms with Gasteiger partial charge in [-0.1, -0.05) is 26.8 Å². The van der Waals surface area contributed by atoms with Crippen LogP contribution in [0.5, 0.6) is 0 Å². The molecule has 0 radical (unpaired) electrons. The van der Waals surface area contributed by atoms with Gasteiger partial charge in [-0.2, -0.15) is 0 Å². The fourth-order valence-electron chi connectivity index (χ4n) is 6.50. The van der Waals surface area contributed by atoms with Gasteiger partial charge in [0.1, 0.15) is 18.4 Å². The molecule has 2 bridgehead atoms. The van der Waals surface area contributed by atoms with Crippen LogP contribution in [-0.2, 0) is 19.1 Å². The molecule has 0 aromatic heterocycles. The molecule has 3 rings (SSSR count). The number of carbonyl (C=O) groups excluding carboxylic acids is 2. The molecule has 0 unspecified atom stereocenters. The normalized spacial score (nSPS) is 48.7. The third-order valence-electron chi connectivity index (χ3n) is 8.42. The minimum Gasteiger partial charge on any atom is -0.359 e. The van der Waals surface area contributed by atoms with E-state index in [1.165, 1.54) is 0 Å². The summed E-state index contributed by atoms with van der Waals surface area (Å²) < 4.78 is 11.4. The molecule has 3 aliphatic carbocycles. The van der Waals surface area contributed by atoms with Gasteiger partial charge in [0, 0.05) is 36.2 Å². The van der Waals surface area contributed by atoms with Crippen molar-refractivity contribution >= 4 is 11.6 Å². The predicted molar refractivity (Wildman–Crippen MR) is 101 cm³/mol. The summed E-state index contributed by atoms with van der Waals surface area (Å²) in [5, 5.41) is 0. The van der Waals surface area contributed by atoms with Crippen LogP contribution in [0.1, 0.15) is 59.8 Å². The van der Waals surface area contributed by atoms with Gasteiger partial charge in [-0.3, -0.25) is 9.59 Å². The molecule has 7 atom stereocenters. The number of allylic oxidation sites excluding steroid dienone is 1. The van der Waals surface area contributed by atoms with Crippen molar-refractivity contribution < 1.29 is 19.1 Å². The first-order valence-electron chi connectivity index (χ1n) is 9.98. The Labute approximate surface area is 157 Å². The second kappa shape index (κ2) is 6.56. The number of hydrogen-bond acceptors (Lipinski definition) is 4. The molecule has 3 fully saturated rings. The van der Waals surface area contributed by atoms with E-state index in [1.807, 2.05) is 6.92 Å². The fourth-order valence-corrected chi connectivity index (χ4v) is 6.50. The minimum atomic E-state index is -0.639. The maximum Gasteiger partial charge on any atom is 0.146 e. The highest BCUT2D eigenvalue weighted by molar-refractivity contribution is 5.92. The minimum absolute atomic E-state index is 0.103.